The number of nitrogens with one attached hydrogen (secondary N) is 1. The van der Waals surface area contributed by atoms with Gasteiger partial charge in [-0.15, -0.1) is 0 Å². The normalized spacial score (nSPS) is 11.5. The molecule has 3 aromatic rings. The van der Waals surface area contributed by atoms with Crippen LogP contribution in [0.15, 0.2) is 59.6 Å². The Morgan fingerprint density at radius 3 is 2.68 bits per heavy atom. The van der Waals surface area contributed by atoms with Gasteiger partial charge < -0.3 is 0 Å². The number of anilines is 1. The summed E-state index contributed by atoms with van der Waals surface area (Å²) in [4.78, 5) is 4.12. The zero-order valence-corrected chi connectivity index (χ0v) is 12.6. The van der Waals surface area contributed by atoms with Crippen molar-refractivity contribution >= 4 is 26.6 Å². The molecule has 0 fully saturated rings. The molecule has 0 unspecified atom stereocenters. The Kier molecular flexibility index (Phi) is 3.54. The summed E-state index contributed by atoms with van der Waals surface area (Å²) in [5.41, 5.74) is 1.58. The van der Waals surface area contributed by atoms with Gasteiger partial charge in [0.25, 0.3) is 10.0 Å². The van der Waals surface area contributed by atoms with Crippen LogP contribution in [0.1, 0.15) is 5.56 Å². The van der Waals surface area contributed by atoms with Gasteiger partial charge in [-0.3, -0.25) is 9.71 Å². The third-order valence-electron chi connectivity index (χ3n) is 3.28. The van der Waals surface area contributed by atoms with E-state index in [2.05, 4.69) is 9.71 Å². The molecule has 1 heterocycles. The van der Waals surface area contributed by atoms with Gasteiger partial charge in [-0.05, 0) is 36.8 Å². The van der Waals surface area contributed by atoms with Gasteiger partial charge in [0.1, 0.15) is 5.82 Å². The molecule has 0 radical (unpaired) electrons. The maximum atomic E-state index is 13.3. The van der Waals surface area contributed by atoms with E-state index < -0.39 is 15.8 Å². The van der Waals surface area contributed by atoms with Gasteiger partial charge in [-0.1, -0.05) is 24.3 Å². The molecular formula is C16H13FN2O2S. The minimum absolute atomic E-state index is 0.0827. The lowest BCUT2D eigenvalue weighted by molar-refractivity contribution is 0.594. The van der Waals surface area contributed by atoms with Gasteiger partial charge in [0.05, 0.1) is 22.3 Å². The average molecular weight is 316 g/mol. The van der Waals surface area contributed by atoms with Crippen LogP contribution in [0.4, 0.5) is 10.1 Å². The molecule has 0 saturated carbocycles. The third-order valence-corrected chi connectivity index (χ3v) is 4.81. The quantitative estimate of drug-likeness (QED) is 0.805. The number of aryl methyl sites for hydroxylation is 1. The van der Waals surface area contributed by atoms with Crippen LogP contribution in [0.5, 0.6) is 0 Å². The lowest BCUT2D eigenvalue weighted by Crippen LogP contribution is -2.14. The second-order valence-corrected chi connectivity index (χ2v) is 6.58. The highest BCUT2D eigenvalue weighted by molar-refractivity contribution is 7.92. The molecule has 6 heteroatoms. The van der Waals surface area contributed by atoms with Gasteiger partial charge in [0.2, 0.25) is 0 Å². The van der Waals surface area contributed by atoms with Gasteiger partial charge in [-0.25, -0.2) is 12.8 Å². The molecule has 0 spiro atoms. The fourth-order valence-corrected chi connectivity index (χ4v) is 3.49. The standard InChI is InChI=1S/C16H13FN2O2S/c1-11-6-7-13(17)9-16(11)22(20,21)19-14-8-12-4-2-3-5-15(12)18-10-14/h2-10,19H,1H3. The van der Waals surface area contributed by atoms with Crippen LogP contribution >= 0.6 is 0 Å². The van der Waals surface area contributed by atoms with Gasteiger partial charge in [0, 0.05) is 5.39 Å². The number of para-hydroxylation sites is 1. The molecule has 2 aromatic carbocycles. The lowest BCUT2D eigenvalue weighted by atomic mass is 10.2. The number of benzene rings is 2. The molecule has 0 atom stereocenters. The molecular weight excluding hydrogens is 303 g/mol. The molecule has 0 bridgehead atoms. The van der Waals surface area contributed by atoms with E-state index >= 15 is 0 Å². The monoisotopic (exact) mass is 316 g/mol. The number of fused-ring (bicyclic) bond motifs is 1. The molecule has 0 aliphatic heterocycles. The van der Waals surface area contributed by atoms with Gasteiger partial charge in [0.15, 0.2) is 0 Å². The van der Waals surface area contributed by atoms with E-state index in [1.807, 2.05) is 24.3 Å². The van der Waals surface area contributed by atoms with E-state index in [0.717, 1.165) is 17.0 Å². The van der Waals surface area contributed by atoms with Crippen LogP contribution in [0.3, 0.4) is 0 Å². The predicted molar refractivity (Wildman–Crippen MR) is 83.7 cm³/mol. The number of hydrogen-bond acceptors (Lipinski definition) is 3. The van der Waals surface area contributed by atoms with E-state index in [4.69, 9.17) is 0 Å². The van der Waals surface area contributed by atoms with Gasteiger partial charge >= 0.3 is 0 Å². The number of aromatic nitrogens is 1. The Morgan fingerprint density at radius 1 is 1.09 bits per heavy atom. The van der Waals surface area contributed by atoms with Gasteiger partial charge in [-0.2, -0.15) is 0 Å². The summed E-state index contributed by atoms with van der Waals surface area (Å²) in [5.74, 6) is -0.595. The maximum absolute atomic E-state index is 13.3. The summed E-state index contributed by atoms with van der Waals surface area (Å²) in [7, 11) is -3.87. The first-order chi connectivity index (χ1) is 10.5. The SMILES string of the molecule is Cc1ccc(F)cc1S(=O)(=O)Nc1cnc2ccccc2c1. The summed E-state index contributed by atoms with van der Waals surface area (Å²) in [6.45, 7) is 1.62. The van der Waals surface area contributed by atoms with Crippen LogP contribution < -0.4 is 4.72 Å². The van der Waals surface area contributed by atoms with E-state index in [0.29, 0.717) is 11.3 Å². The van der Waals surface area contributed by atoms with Crippen molar-refractivity contribution in [1.82, 2.24) is 4.98 Å². The number of rotatable bonds is 3. The summed E-state index contributed by atoms with van der Waals surface area (Å²) >= 11 is 0. The van der Waals surface area contributed by atoms with Crippen molar-refractivity contribution in [2.75, 3.05) is 4.72 Å². The average Bonchev–Trinajstić information content (AvgIpc) is 2.49. The Balaban J connectivity index is 2.01. The second kappa shape index (κ2) is 5.38. The van der Waals surface area contributed by atoms with Crippen LogP contribution in [-0.2, 0) is 10.0 Å². The minimum Gasteiger partial charge on any atom is -0.278 e. The van der Waals surface area contributed by atoms with E-state index in [-0.39, 0.29) is 4.90 Å². The van der Waals surface area contributed by atoms with Crippen molar-refractivity contribution in [1.29, 1.82) is 0 Å². The van der Waals surface area contributed by atoms with Crippen molar-refractivity contribution in [3.05, 3.63) is 66.1 Å². The largest absolute Gasteiger partial charge is 0.278 e. The number of halogens is 1. The second-order valence-electron chi connectivity index (χ2n) is 4.93. The molecule has 1 aromatic heterocycles. The topological polar surface area (TPSA) is 59.1 Å². The molecule has 1 N–H and O–H groups in total. The Morgan fingerprint density at radius 2 is 1.86 bits per heavy atom. The summed E-state index contributed by atoms with van der Waals surface area (Å²) < 4.78 is 40.6. The van der Waals surface area contributed by atoms with Crippen molar-refractivity contribution < 1.29 is 12.8 Å². The van der Waals surface area contributed by atoms with E-state index in [1.54, 1.807) is 13.0 Å². The smallest absolute Gasteiger partial charge is 0.262 e. The molecule has 4 nitrogen and oxygen atoms in total. The summed E-state index contributed by atoms with van der Waals surface area (Å²) in [6.07, 6.45) is 1.44. The number of pyridine rings is 1. The van der Waals surface area contributed by atoms with Crippen molar-refractivity contribution in [3.8, 4) is 0 Å². The first-order valence-electron chi connectivity index (χ1n) is 6.59. The first-order valence-corrected chi connectivity index (χ1v) is 8.08. The highest BCUT2D eigenvalue weighted by Gasteiger charge is 2.18. The van der Waals surface area contributed by atoms with Crippen molar-refractivity contribution in [2.24, 2.45) is 0 Å². The fourth-order valence-electron chi connectivity index (χ4n) is 2.20. The first kappa shape index (κ1) is 14.5. The zero-order chi connectivity index (χ0) is 15.7. The van der Waals surface area contributed by atoms with Crippen LogP contribution in [-0.4, -0.2) is 13.4 Å². The maximum Gasteiger partial charge on any atom is 0.262 e. The highest BCUT2D eigenvalue weighted by Crippen LogP contribution is 2.22. The fraction of sp³-hybridized carbons (Fsp3) is 0.0625. The van der Waals surface area contributed by atoms with Crippen molar-refractivity contribution in [3.63, 3.8) is 0 Å². The molecule has 0 amide bonds. The third kappa shape index (κ3) is 2.78. The Bertz CT molecular complexity index is 955. The molecule has 0 aliphatic carbocycles. The molecule has 22 heavy (non-hydrogen) atoms. The molecule has 0 saturated heterocycles. The minimum atomic E-state index is -3.87. The van der Waals surface area contributed by atoms with Crippen LogP contribution in [0.2, 0.25) is 0 Å². The van der Waals surface area contributed by atoms with Crippen LogP contribution in [0, 0.1) is 12.7 Å². The molecule has 0 aliphatic rings. The van der Waals surface area contributed by atoms with Crippen molar-refractivity contribution in [2.45, 2.75) is 11.8 Å². The number of sulfonamides is 1. The molecule has 3 rings (SSSR count). The Labute approximate surface area is 127 Å². The highest BCUT2D eigenvalue weighted by atomic mass is 32.2. The summed E-state index contributed by atoms with van der Waals surface area (Å²) in [5, 5.41) is 0.818. The predicted octanol–water partition coefficient (Wildman–Crippen LogP) is 3.48. The zero-order valence-electron chi connectivity index (χ0n) is 11.7. The van der Waals surface area contributed by atoms with Crippen LogP contribution in [0.25, 0.3) is 10.9 Å². The van der Waals surface area contributed by atoms with E-state index in [1.165, 1.54) is 18.3 Å². The van der Waals surface area contributed by atoms with E-state index in [9.17, 15) is 12.8 Å². The lowest BCUT2D eigenvalue weighted by Gasteiger charge is -2.10. The summed E-state index contributed by atoms with van der Waals surface area (Å²) in [6, 6.07) is 12.7. The number of hydrogen-bond donors (Lipinski definition) is 1. The molecule has 112 valence electrons. The number of nitrogens with zero attached hydrogens (tertiary/aromatic N) is 1. The Hall–Kier alpha value is -2.47.